The molecule has 0 aromatic heterocycles. The molecule has 2 aromatic rings. The lowest BCUT2D eigenvalue weighted by atomic mass is 10.1. The average molecular weight is 423 g/mol. The number of nitro benzene ring substituents is 1. The molecule has 2 aromatic carbocycles. The molecule has 0 saturated heterocycles. The first-order valence-electron chi connectivity index (χ1n) is 8.61. The van der Waals surface area contributed by atoms with Gasteiger partial charge in [0.2, 0.25) is 5.91 Å². The maximum Gasteiger partial charge on any atom is 0.416 e. The number of nitro groups is 1. The largest absolute Gasteiger partial charge is 0.416 e. The van der Waals surface area contributed by atoms with Gasteiger partial charge in [0.25, 0.3) is 5.69 Å². The Hall–Kier alpha value is -2.88. The zero-order chi connectivity index (χ0) is 21.0. The van der Waals surface area contributed by atoms with Crippen molar-refractivity contribution in [2.45, 2.75) is 18.3 Å². The molecule has 1 amide bonds. The van der Waals surface area contributed by atoms with Crippen LogP contribution in [0.2, 0.25) is 0 Å². The fourth-order valence-electron chi connectivity index (χ4n) is 2.77. The van der Waals surface area contributed by atoms with E-state index in [1.54, 1.807) is 6.07 Å². The molecular weight excluding hydrogens is 407 g/mol. The molecule has 0 saturated carbocycles. The number of nitrogens with zero attached hydrogens (tertiary/aromatic N) is 3. The highest BCUT2D eigenvalue weighted by molar-refractivity contribution is 8.13. The van der Waals surface area contributed by atoms with E-state index >= 15 is 0 Å². The summed E-state index contributed by atoms with van der Waals surface area (Å²) in [6, 6.07) is 10.8. The lowest BCUT2D eigenvalue weighted by Crippen LogP contribution is -2.34. The summed E-state index contributed by atoms with van der Waals surface area (Å²) in [4.78, 5) is 28.6. The molecule has 0 N–H and O–H groups in total. The molecule has 0 unspecified atom stereocenters. The Morgan fingerprint density at radius 1 is 1.17 bits per heavy atom. The van der Waals surface area contributed by atoms with E-state index in [1.165, 1.54) is 47.0 Å². The van der Waals surface area contributed by atoms with E-state index in [2.05, 4.69) is 4.99 Å². The number of carbonyl (C=O) groups excluding carboxylic acids is 1. The normalized spacial score (nSPS) is 14.0. The smallest absolute Gasteiger partial charge is 0.289 e. The van der Waals surface area contributed by atoms with Crippen LogP contribution in [-0.4, -0.2) is 34.0 Å². The van der Waals surface area contributed by atoms with Gasteiger partial charge in [0.1, 0.15) is 0 Å². The summed E-state index contributed by atoms with van der Waals surface area (Å²) in [5, 5.41) is 11.2. The Balaban J connectivity index is 1.61. The summed E-state index contributed by atoms with van der Waals surface area (Å²) in [6.45, 7) is 0.827. The maximum absolute atomic E-state index is 12.8. The van der Waals surface area contributed by atoms with Crippen molar-refractivity contribution >= 4 is 28.5 Å². The van der Waals surface area contributed by atoms with Gasteiger partial charge in [-0.25, -0.2) is 0 Å². The van der Waals surface area contributed by atoms with Crippen LogP contribution in [0.4, 0.5) is 18.9 Å². The van der Waals surface area contributed by atoms with Gasteiger partial charge in [-0.15, -0.1) is 0 Å². The fraction of sp³-hybridized carbons (Fsp3) is 0.263. The zero-order valence-corrected chi connectivity index (χ0v) is 15.9. The Labute approximate surface area is 168 Å². The van der Waals surface area contributed by atoms with Crippen LogP contribution in [0.25, 0.3) is 0 Å². The number of hydrogen-bond donors (Lipinski definition) is 0. The van der Waals surface area contributed by atoms with E-state index in [9.17, 15) is 28.1 Å². The fourth-order valence-corrected chi connectivity index (χ4v) is 3.78. The molecule has 3 rings (SSSR count). The highest BCUT2D eigenvalue weighted by atomic mass is 32.2. The second kappa shape index (κ2) is 8.64. The van der Waals surface area contributed by atoms with Crippen molar-refractivity contribution in [3.05, 3.63) is 75.3 Å². The number of thioether (sulfide) groups is 1. The molecule has 6 nitrogen and oxygen atoms in total. The topological polar surface area (TPSA) is 75.8 Å². The molecule has 0 aliphatic carbocycles. The van der Waals surface area contributed by atoms with Crippen LogP contribution in [0.15, 0.2) is 53.5 Å². The zero-order valence-electron chi connectivity index (χ0n) is 15.1. The number of rotatable bonds is 5. The van der Waals surface area contributed by atoms with Gasteiger partial charge in [-0.1, -0.05) is 42.1 Å². The average Bonchev–Trinajstić information content (AvgIpc) is 3.15. The van der Waals surface area contributed by atoms with Crippen LogP contribution in [0.1, 0.15) is 16.7 Å². The SMILES string of the molecule is O=C(Cc1ccc([N+](=O)[O-])cc1)N1CCN=C1SCc1cccc(C(F)(F)F)c1. The van der Waals surface area contributed by atoms with Crippen molar-refractivity contribution in [2.24, 2.45) is 4.99 Å². The van der Waals surface area contributed by atoms with Crippen molar-refractivity contribution in [3.63, 3.8) is 0 Å². The lowest BCUT2D eigenvalue weighted by Gasteiger charge is -2.18. The number of benzene rings is 2. The molecule has 1 heterocycles. The van der Waals surface area contributed by atoms with E-state index in [0.29, 0.717) is 29.4 Å². The molecule has 0 fully saturated rings. The standard InChI is InChI=1S/C19H16F3N3O3S/c20-19(21,22)15-3-1-2-14(10-15)12-29-18-23-8-9-24(18)17(26)11-13-4-6-16(7-5-13)25(27)28/h1-7,10H,8-9,11-12H2. The van der Waals surface area contributed by atoms with Gasteiger partial charge in [-0.05, 0) is 17.2 Å². The minimum absolute atomic E-state index is 0.0544. The van der Waals surface area contributed by atoms with Gasteiger partial charge < -0.3 is 0 Å². The van der Waals surface area contributed by atoms with E-state index in [4.69, 9.17) is 0 Å². The van der Waals surface area contributed by atoms with Crippen LogP contribution in [-0.2, 0) is 23.1 Å². The summed E-state index contributed by atoms with van der Waals surface area (Å²) in [7, 11) is 0. The van der Waals surface area contributed by atoms with Crippen molar-refractivity contribution in [1.82, 2.24) is 4.90 Å². The molecular formula is C19H16F3N3O3S. The molecule has 10 heteroatoms. The van der Waals surface area contributed by atoms with Crippen molar-refractivity contribution in [2.75, 3.05) is 13.1 Å². The minimum Gasteiger partial charge on any atom is -0.289 e. The van der Waals surface area contributed by atoms with Gasteiger partial charge in [0, 0.05) is 24.4 Å². The third-order valence-electron chi connectivity index (χ3n) is 4.23. The van der Waals surface area contributed by atoms with Gasteiger partial charge in [0.15, 0.2) is 5.17 Å². The number of amides is 1. The number of amidine groups is 1. The minimum atomic E-state index is -4.40. The van der Waals surface area contributed by atoms with E-state index in [-0.39, 0.29) is 23.8 Å². The third-order valence-corrected chi connectivity index (χ3v) is 5.31. The van der Waals surface area contributed by atoms with Crippen molar-refractivity contribution in [3.8, 4) is 0 Å². The number of halogens is 3. The summed E-state index contributed by atoms with van der Waals surface area (Å²) < 4.78 is 38.5. The van der Waals surface area contributed by atoms with E-state index < -0.39 is 16.7 Å². The first-order chi connectivity index (χ1) is 13.7. The first kappa shape index (κ1) is 20.8. The van der Waals surface area contributed by atoms with Gasteiger partial charge >= 0.3 is 6.18 Å². The molecule has 29 heavy (non-hydrogen) atoms. The molecule has 0 spiro atoms. The van der Waals surface area contributed by atoms with E-state index in [1.807, 2.05) is 0 Å². The van der Waals surface area contributed by atoms with Gasteiger partial charge in [-0.2, -0.15) is 13.2 Å². The number of alkyl halides is 3. The van der Waals surface area contributed by atoms with Crippen LogP contribution in [0, 0.1) is 10.1 Å². The van der Waals surface area contributed by atoms with Crippen molar-refractivity contribution in [1.29, 1.82) is 0 Å². The summed E-state index contributed by atoms with van der Waals surface area (Å²) in [6.07, 6.45) is -4.35. The molecule has 0 radical (unpaired) electrons. The van der Waals surface area contributed by atoms with Gasteiger partial charge in [0.05, 0.1) is 23.5 Å². The van der Waals surface area contributed by atoms with Crippen molar-refractivity contribution < 1.29 is 22.9 Å². The highest BCUT2D eigenvalue weighted by Crippen LogP contribution is 2.30. The molecule has 0 bridgehead atoms. The summed E-state index contributed by atoms with van der Waals surface area (Å²) in [5.41, 5.74) is 0.355. The Morgan fingerprint density at radius 3 is 2.55 bits per heavy atom. The summed E-state index contributed by atoms with van der Waals surface area (Å²) in [5.74, 6) is 0.0380. The molecule has 0 atom stereocenters. The second-order valence-corrected chi connectivity index (χ2v) is 7.24. The van der Waals surface area contributed by atoms with Crippen LogP contribution < -0.4 is 0 Å². The number of aliphatic imine (C=N–C) groups is 1. The Bertz CT molecular complexity index is 946. The number of non-ortho nitro benzene ring substituents is 1. The Kier molecular flexibility index (Phi) is 6.21. The predicted octanol–water partition coefficient (Wildman–Crippen LogP) is 4.29. The van der Waals surface area contributed by atoms with Crippen LogP contribution in [0.3, 0.4) is 0 Å². The second-order valence-electron chi connectivity index (χ2n) is 6.30. The lowest BCUT2D eigenvalue weighted by molar-refractivity contribution is -0.384. The Morgan fingerprint density at radius 2 is 1.90 bits per heavy atom. The molecule has 152 valence electrons. The van der Waals surface area contributed by atoms with E-state index in [0.717, 1.165) is 12.1 Å². The van der Waals surface area contributed by atoms with Crippen LogP contribution >= 0.6 is 11.8 Å². The maximum atomic E-state index is 12.8. The quantitative estimate of drug-likeness (QED) is 0.531. The third kappa shape index (κ3) is 5.35. The number of hydrogen-bond acceptors (Lipinski definition) is 5. The van der Waals surface area contributed by atoms with Gasteiger partial charge in [-0.3, -0.25) is 24.8 Å². The number of carbonyl (C=O) groups is 1. The van der Waals surface area contributed by atoms with Crippen LogP contribution in [0.5, 0.6) is 0 Å². The molecule has 1 aliphatic rings. The highest BCUT2D eigenvalue weighted by Gasteiger charge is 2.30. The monoisotopic (exact) mass is 423 g/mol. The predicted molar refractivity (Wildman–Crippen MR) is 104 cm³/mol. The molecule has 1 aliphatic heterocycles. The first-order valence-corrected chi connectivity index (χ1v) is 9.59. The summed E-state index contributed by atoms with van der Waals surface area (Å²) >= 11 is 1.21.